The van der Waals surface area contributed by atoms with E-state index in [1.54, 1.807) is 24.8 Å². The number of pyridine rings is 3. The first kappa shape index (κ1) is 29.7. The van der Waals surface area contributed by atoms with Gasteiger partial charge >= 0.3 is 0 Å². The van der Waals surface area contributed by atoms with Gasteiger partial charge in [0.15, 0.2) is 17.5 Å². The van der Waals surface area contributed by atoms with E-state index in [1.807, 2.05) is 36.4 Å². The highest BCUT2D eigenvalue weighted by Gasteiger charge is 2.27. The summed E-state index contributed by atoms with van der Waals surface area (Å²) in [6.07, 6.45) is 18.7. The molecule has 0 saturated carbocycles. The molecule has 7 aromatic rings. The Morgan fingerprint density at radius 3 is 1.92 bits per heavy atom. The van der Waals surface area contributed by atoms with Crippen LogP contribution in [0.25, 0.3) is 67.5 Å². The summed E-state index contributed by atoms with van der Waals surface area (Å²) in [7, 11) is 0. The lowest BCUT2D eigenvalue weighted by atomic mass is 9.83. The van der Waals surface area contributed by atoms with E-state index >= 15 is 0 Å². The summed E-state index contributed by atoms with van der Waals surface area (Å²) in [5.41, 5.74) is 11.1. The highest BCUT2D eigenvalue weighted by atomic mass is 15.0. The Balaban J connectivity index is 1.14. The van der Waals surface area contributed by atoms with Gasteiger partial charge in [-0.2, -0.15) is 0 Å². The fraction of sp³-hybridized carbons (Fsp3) is 0.0930. The Morgan fingerprint density at radius 2 is 1.20 bits per heavy atom. The third-order valence-corrected chi connectivity index (χ3v) is 9.33. The van der Waals surface area contributed by atoms with E-state index in [0.29, 0.717) is 23.4 Å². The summed E-state index contributed by atoms with van der Waals surface area (Å²) >= 11 is 0. The van der Waals surface area contributed by atoms with Crippen molar-refractivity contribution in [3.05, 3.63) is 152 Å². The molecule has 50 heavy (non-hydrogen) atoms. The van der Waals surface area contributed by atoms with Crippen molar-refractivity contribution >= 4 is 22.3 Å². The van der Waals surface area contributed by atoms with E-state index < -0.39 is 0 Å². The molecule has 9 rings (SSSR count). The van der Waals surface area contributed by atoms with Crippen molar-refractivity contribution < 1.29 is 0 Å². The molecule has 5 heterocycles. The Kier molecular flexibility index (Phi) is 7.63. The van der Waals surface area contributed by atoms with Gasteiger partial charge in [-0.3, -0.25) is 15.0 Å². The zero-order valence-electron chi connectivity index (χ0n) is 27.2. The lowest BCUT2D eigenvalue weighted by molar-refractivity contribution is 0.624. The Morgan fingerprint density at radius 1 is 0.560 bits per heavy atom. The smallest absolute Gasteiger partial charge is 0.165 e. The van der Waals surface area contributed by atoms with Crippen molar-refractivity contribution in [3.8, 4) is 56.5 Å². The van der Waals surface area contributed by atoms with E-state index in [4.69, 9.17) is 24.9 Å². The van der Waals surface area contributed by atoms with Gasteiger partial charge in [-0.25, -0.2) is 19.9 Å². The second-order valence-corrected chi connectivity index (χ2v) is 12.6. The second kappa shape index (κ2) is 12.9. The molecule has 0 saturated heterocycles. The molecule has 1 aliphatic carbocycles. The van der Waals surface area contributed by atoms with E-state index in [1.165, 1.54) is 5.56 Å². The van der Waals surface area contributed by atoms with Gasteiger partial charge < -0.3 is 0 Å². The second-order valence-electron chi connectivity index (χ2n) is 12.6. The molecule has 0 radical (unpaired) electrons. The van der Waals surface area contributed by atoms with Gasteiger partial charge in [0.1, 0.15) is 0 Å². The molecule has 1 atom stereocenters. The number of para-hydroxylation sites is 1. The lowest BCUT2D eigenvalue weighted by Crippen LogP contribution is -2.20. The van der Waals surface area contributed by atoms with Crippen LogP contribution in [0.3, 0.4) is 0 Å². The van der Waals surface area contributed by atoms with Crippen LogP contribution in [-0.4, -0.2) is 35.6 Å². The van der Waals surface area contributed by atoms with Crippen LogP contribution < -0.4 is 0 Å². The van der Waals surface area contributed by atoms with Crippen LogP contribution in [0.4, 0.5) is 5.69 Å². The molecule has 0 amide bonds. The zero-order valence-corrected chi connectivity index (χ0v) is 27.2. The predicted molar refractivity (Wildman–Crippen MR) is 200 cm³/mol. The number of allylic oxidation sites excluding steroid dienone is 4. The molecule has 1 aliphatic heterocycles. The van der Waals surface area contributed by atoms with Crippen LogP contribution in [0.15, 0.2) is 151 Å². The highest BCUT2D eigenvalue weighted by Crippen LogP contribution is 2.42. The molecule has 7 nitrogen and oxygen atoms in total. The maximum absolute atomic E-state index is 5.30. The average molecular weight is 646 g/mol. The standard InChI is InChI=1S/C43H31N7/c1-2-4-19-37-30(11-3-1)25-36-39(47-38-20-6-5-18-35(38)40(36)46-37)31-14-7-12-28(23-31)29-13-8-15-32(24-29)41-48-42(33-16-9-21-44-26-33)50-43(49-41)34-17-10-22-45-27-34/h1-2,4-10,12-24,26-27,30H,3,11,25H2. The summed E-state index contributed by atoms with van der Waals surface area (Å²) in [5.74, 6) is 2.06. The van der Waals surface area contributed by atoms with Gasteiger partial charge in [0, 0.05) is 69.6 Å². The molecule has 0 fully saturated rings. The summed E-state index contributed by atoms with van der Waals surface area (Å²) in [6, 6.07) is 33.1. The van der Waals surface area contributed by atoms with Gasteiger partial charge in [0.2, 0.25) is 0 Å². The van der Waals surface area contributed by atoms with Crippen molar-refractivity contribution in [2.24, 2.45) is 10.9 Å². The molecule has 0 N–H and O–H groups in total. The molecule has 0 bridgehead atoms. The number of nitrogens with zero attached hydrogens (tertiary/aromatic N) is 7. The SMILES string of the molecule is C1=CCCC2Cc3c(-c4cccc(-c5cccc(-c6nc(-c7cccnc7)nc(-c7cccnc7)n6)c5)c4)nc4ccccc4c3N=C2C=C1. The third kappa shape index (κ3) is 5.69. The number of aliphatic imine (C=N–C) groups is 1. The minimum Gasteiger partial charge on any atom is -0.264 e. The number of hydrogen-bond donors (Lipinski definition) is 0. The summed E-state index contributed by atoms with van der Waals surface area (Å²) < 4.78 is 0. The molecular formula is C43H31N7. The van der Waals surface area contributed by atoms with E-state index in [-0.39, 0.29) is 0 Å². The third-order valence-electron chi connectivity index (χ3n) is 9.33. The Bertz CT molecular complexity index is 2410. The van der Waals surface area contributed by atoms with Crippen LogP contribution in [0, 0.1) is 5.92 Å². The van der Waals surface area contributed by atoms with Gasteiger partial charge in [-0.05, 0) is 78.9 Å². The van der Waals surface area contributed by atoms with Crippen molar-refractivity contribution in [3.63, 3.8) is 0 Å². The molecule has 1 unspecified atom stereocenters. The fourth-order valence-electron chi connectivity index (χ4n) is 6.85. The maximum Gasteiger partial charge on any atom is 0.165 e. The minimum absolute atomic E-state index is 0.360. The fourth-order valence-corrected chi connectivity index (χ4v) is 6.85. The molecule has 3 aromatic carbocycles. The Hall–Kier alpha value is -6.47. The van der Waals surface area contributed by atoms with E-state index in [0.717, 1.165) is 80.6 Å². The molecule has 4 aromatic heterocycles. The van der Waals surface area contributed by atoms with Gasteiger partial charge in [0.05, 0.1) is 16.9 Å². The first-order chi connectivity index (χ1) is 24.8. The predicted octanol–water partition coefficient (Wildman–Crippen LogP) is 9.70. The van der Waals surface area contributed by atoms with Crippen LogP contribution >= 0.6 is 0 Å². The monoisotopic (exact) mass is 645 g/mol. The number of aromatic nitrogens is 6. The quantitative estimate of drug-likeness (QED) is 0.185. The molecule has 0 spiro atoms. The van der Waals surface area contributed by atoms with E-state index in [2.05, 4.69) is 94.9 Å². The summed E-state index contributed by atoms with van der Waals surface area (Å²) in [5, 5.41) is 1.10. The molecular weight excluding hydrogens is 615 g/mol. The van der Waals surface area contributed by atoms with Crippen LogP contribution in [-0.2, 0) is 6.42 Å². The van der Waals surface area contributed by atoms with Crippen molar-refractivity contribution in [2.75, 3.05) is 0 Å². The highest BCUT2D eigenvalue weighted by molar-refractivity contribution is 6.06. The maximum atomic E-state index is 5.30. The van der Waals surface area contributed by atoms with Crippen molar-refractivity contribution in [1.82, 2.24) is 29.9 Å². The van der Waals surface area contributed by atoms with Crippen LogP contribution in [0.2, 0.25) is 0 Å². The number of fused-ring (bicyclic) bond motifs is 4. The summed E-state index contributed by atoms with van der Waals surface area (Å²) in [4.78, 5) is 33.8. The van der Waals surface area contributed by atoms with Crippen LogP contribution in [0.5, 0.6) is 0 Å². The zero-order chi connectivity index (χ0) is 33.3. The molecule has 238 valence electrons. The summed E-state index contributed by atoms with van der Waals surface area (Å²) in [6.45, 7) is 0. The first-order valence-corrected chi connectivity index (χ1v) is 16.9. The average Bonchev–Trinajstić information content (AvgIpc) is 3.18. The Labute approximate surface area is 290 Å². The number of benzene rings is 3. The van der Waals surface area contributed by atoms with Crippen molar-refractivity contribution in [2.45, 2.75) is 19.3 Å². The number of hydrogen-bond acceptors (Lipinski definition) is 7. The largest absolute Gasteiger partial charge is 0.264 e. The van der Waals surface area contributed by atoms with Gasteiger partial charge in [-0.1, -0.05) is 72.8 Å². The van der Waals surface area contributed by atoms with Gasteiger partial charge in [-0.15, -0.1) is 0 Å². The topological polar surface area (TPSA) is 89.7 Å². The molecule has 7 heteroatoms. The molecule has 2 aliphatic rings. The van der Waals surface area contributed by atoms with E-state index in [9.17, 15) is 0 Å². The van der Waals surface area contributed by atoms with Crippen LogP contribution in [0.1, 0.15) is 18.4 Å². The lowest BCUT2D eigenvalue weighted by Gasteiger charge is -2.26. The van der Waals surface area contributed by atoms with Gasteiger partial charge in [0.25, 0.3) is 0 Å². The first-order valence-electron chi connectivity index (χ1n) is 16.9. The number of rotatable bonds is 5. The normalized spacial score (nSPS) is 15.1. The van der Waals surface area contributed by atoms with Crippen molar-refractivity contribution in [1.29, 1.82) is 0 Å². The minimum atomic E-state index is 0.360.